The Morgan fingerprint density at radius 3 is 2.75 bits per heavy atom. The Labute approximate surface area is 140 Å². The summed E-state index contributed by atoms with van der Waals surface area (Å²) >= 11 is 0. The van der Waals surface area contributed by atoms with Crippen molar-refractivity contribution in [2.24, 2.45) is 5.92 Å². The largest absolute Gasteiger partial charge is 0.486 e. The third-order valence-electron chi connectivity index (χ3n) is 4.67. The van der Waals surface area contributed by atoms with E-state index in [0.717, 1.165) is 17.9 Å². The molecule has 2 aromatic rings. The number of fused-ring (bicyclic) bond motifs is 1. The van der Waals surface area contributed by atoms with Gasteiger partial charge in [0.1, 0.15) is 13.2 Å². The summed E-state index contributed by atoms with van der Waals surface area (Å²) in [5, 5.41) is 2.94. The maximum atomic E-state index is 12.0. The predicted molar refractivity (Wildman–Crippen MR) is 88.6 cm³/mol. The lowest BCUT2D eigenvalue weighted by atomic mass is 9.90. The van der Waals surface area contributed by atoms with Gasteiger partial charge in [-0.2, -0.15) is 0 Å². The van der Waals surface area contributed by atoms with E-state index in [1.54, 1.807) is 12.1 Å². The first-order valence-electron chi connectivity index (χ1n) is 8.52. The van der Waals surface area contributed by atoms with Crippen LogP contribution >= 0.6 is 0 Å². The molecule has 1 aliphatic heterocycles. The molecule has 4 rings (SSSR count). The molecule has 0 bridgehead atoms. The van der Waals surface area contributed by atoms with E-state index in [-0.39, 0.29) is 5.91 Å². The average molecular weight is 327 g/mol. The van der Waals surface area contributed by atoms with Crippen molar-refractivity contribution in [3.05, 3.63) is 47.9 Å². The molecule has 5 nitrogen and oxygen atoms in total. The summed E-state index contributed by atoms with van der Waals surface area (Å²) in [5.74, 6) is 3.01. The van der Waals surface area contributed by atoms with Gasteiger partial charge in [0.15, 0.2) is 17.3 Å². The maximum Gasteiger partial charge on any atom is 0.286 e. The summed E-state index contributed by atoms with van der Waals surface area (Å²) in [7, 11) is 0. The molecule has 1 aromatic carbocycles. The van der Waals surface area contributed by atoms with Crippen LogP contribution < -0.4 is 14.8 Å². The van der Waals surface area contributed by atoms with E-state index >= 15 is 0 Å². The Kier molecular flexibility index (Phi) is 4.15. The zero-order chi connectivity index (χ0) is 16.4. The molecule has 0 saturated heterocycles. The monoisotopic (exact) mass is 327 g/mol. The fraction of sp³-hybridized carbons (Fsp3) is 0.421. The number of nitrogens with one attached hydrogen (secondary N) is 1. The van der Waals surface area contributed by atoms with Crippen molar-refractivity contribution in [3.8, 4) is 11.5 Å². The van der Waals surface area contributed by atoms with Gasteiger partial charge in [0, 0.05) is 6.54 Å². The van der Waals surface area contributed by atoms with Gasteiger partial charge in [-0.1, -0.05) is 6.07 Å². The summed E-state index contributed by atoms with van der Waals surface area (Å²) in [6.07, 6.45) is 4.93. The van der Waals surface area contributed by atoms with Crippen molar-refractivity contribution in [1.29, 1.82) is 0 Å². The van der Waals surface area contributed by atoms with Crippen LogP contribution in [-0.4, -0.2) is 25.7 Å². The molecule has 24 heavy (non-hydrogen) atoms. The number of amides is 1. The molecule has 1 saturated carbocycles. The number of benzene rings is 1. The highest BCUT2D eigenvalue weighted by Gasteiger charge is 2.32. The summed E-state index contributed by atoms with van der Waals surface area (Å²) in [6.45, 7) is 1.84. The number of ether oxygens (including phenoxy) is 2. The first-order chi connectivity index (χ1) is 11.8. The second-order valence-electron chi connectivity index (χ2n) is 6.37. The van der Waals surface area contributed by atoms with E-state index < -0.39 is 0 Å². The fourth-order valence-electron chi connectivity index (χ4n) is 3.30. The molecule has 0 spiro atoms. The van der Waals surface area contributed by atoms with Gasteiger partial charge in [-0.25, -0.2) is 0 Å². The predicted octanol–water partition coefficient (Wildman–Crippen LogP) is 3.36. The zero-order valence-corrected chi connectivity index (χ0v) is 13.5. The van der Waals surface area contributed by atoms with Crippen LogP contribution in [0.25, 0.3) is 0 Å². The number of furan rings is 1. The molecule has 5 heteroatoms. The van der Waals surface area contributed by atoms with E-state index in [1.807, 2.05) is 6.07 Å². The minimum absolute atomic E-state index is 0.156. The van der Waals surface area contributed by atoms with Gasteiger partial charge in [0.25, 0.3) is 5.91 Å². The van der Waals surface area contributed by atoms with Crippen LogP contribution in [0.1, 0.15) is 41.3 Å². The maximum absolute atomic E-state index is 12.0. The van der Waals surface area contributed by atoms with Crippen molar-refractivity contribution in [2.75, 3.05) is 19.8 Å². The van der Waals surface area contributed by atoms with Crippen LogP contribution in [-0.2, 0) is 0 Å². The van der Waals surface area contributed by atoms with Gasteiger partial charge in [0.2, 0.25) is 0 Å². The van der Waals surface area contributed by atoms with Crippen molar-refractivity contribution in [1.82, 2.24) is 5.32 Å². The molecule has 2 heterocycles. The third-order valence-corrected chi connectivity index (χ3v) is 4.67. The Balaban J connectivity index is 1.40. The Bertz CT molecular complexity index is 706. The molecule has 1 atom stereocenters. The molecule has 1 amide bonds. The van der Waals surface area contributed by atoms with E-state index in [1.165, 1.54) is 24.7 Å². The van der Waals surface area contributed by atoms with E-state index in [2.05, 4.69) is 17.4 Å². The summed E-state index contributed by atoms with van der Waals surface area (Å²) < 4.78 is 16.4. The highest BCUT2D eigenvalue weighted by Crippen LogP contribution is 2.46. The lowest BCUT2D eigenvalue weighted by Gasteiger charge is -2.22. The second kappa shape index (κ2) is 6.59. The Hall–Kier alpha value is -2.43. The van der Waals surface area contributed by atoms with Crippen molar-refractivity contribution >= 4 is 5.91 Å². The molecule has 1 aliphatic carbocycles. The molecule has 1 unspecified atom stereocenters. The van der Waals surface area contributed by atoms with Crippen molar-refractivity contribution in [2.45, 2.75) is 25.2 Å². The molecule has 1 aromatic heterocycles. The quantitative estimate of drug-likeness (QED) is 0.884. The average Bonchev–Trinajstić information content (AvgIpc) is 3.30. The van der Waals surface area contributed by atoms with Gasteiger partial charge in [-0.3, -0.25) is 4.79 Å². The van der Waals surface area contributed by atoms with Crippen LogP contribution in [0, 0.1) is 5.92 Å². The molecular weight excluding hydrogens is 306 g/mol. The number of hydrogen-bond acceptors (Lipinski definition) is 4. The van der Waals surface area contributed by atoms with Crippen LogP contribution in [0.4, 0.5) is 0 Å². The smallest absolute Gasteiger partial charge is 0.286 e. The SMILES string of the molecule is O=C(NCCC(c1ccc2c(c1)OCCO2)C1CC1)c1ccco1. The van der Waals surface area contributed by atoms with E-state index in [0.29, 0.717) is 37.4 Å². The summed E-state index contributed by atoms with van der Waals surface area (Å²) in [5.41, 5.74) is 1.27. The van der Waals surface area contributed by atoms with Gasteiger partial charge in [-0.05, 0) is 60.9 Å². The fourth-order valence-corrected chi connectivity index (χ4v) is 3.30. The highest BCUT2D eigenvalue weighted by molar-refractivity contribution is 5.91. The molecule has 1 fully saturated rings. The lowest BCUT2D eigenvalue weighted by molar-refractivity contribution is 0.0924. The zero-order valence-electron chi connectivity index (χ0n) is 13.5. The first-order valence-corrected chi connectivity index (χ1v) is 8.52. The summed E-state index contributed by atoms with van der Waals surface area (Å²) in [4.78, 5) is 12.0. The Morgan fingerprint density at radius 1 is 1.17 bits per heavy atom. The second-order valence-corrected chi connectivity index (χ2v) is 6.37. The molecule has 0 radical (unpaired) electrons. The third kappa shape index (κ3) is 3.25. The van der Waals surface area contributed by atoms with Crippen LogP contribution in [0.5, 0.6) is 11.5 Å². The standard InChI is InChI=1S/C19H21NO4/c21-19(17-2-1-9-22-17)20-8-7-15(13-3-4-13)14-5-6-16-18(12-14)24-11-10-23-16/h1-2,5-6,9,12-13,15H,3-4,7-8,10-11H2,(H,20,21). The van der Waals surface area contributed by atoms with Gasteiger partial charge >= 0.3 is 0 Å². The van der Waals surface area contributed by atoms with Gasteiger partial charge < -0.3 is 19.2 Å². The van der Waals surface area contributed by atoms with Crippen LogP contribution in [0.2, 0.25) is 0 Å². The van der Waals surface area contributed by atoms with Gasteiger partial charge in [-0.15, -0.1) is 0 Å². The molecule has 1 N–H and O–H groups in total. The molecule has 2 aliphatic rings. The van der Waals surface area contributed by atoms with Crippen LogP contribution in [0.15, 0.2) is 41.0 Å². The van der Waals surface area contributed by atoms with Gasteiger partial charge in [0.05, 0.1) is 6.26 Å². The Morgan fingerprint density at radius 2 is 2.00 bits per heavy atom. The normalized spacial score (nSPS) is 17.3. The topological polar surface area (TPSA) is 60.7 Å². The first kappa shape index (κ1) is 15.1. The number of carbonyl (C=O) groups excluding carboxylic acids is 1. The van der Waals surface area contributed by atoms with Crippen molar-refractivity contribution in [3.63, 3.8) is 0 Å². The van der Waals surface area contributed by atoms with E-state index in [9.17, 15) is 4.79 Å². The minimum Gasteiger partial charge on any atom is -0.486 e. The lowest BCUT2D eigenvalue weighted by Crippen LogP contribution is -2.25. The highest BCUT2D eigenvalue weighted by atomic mass is 16.6. The minimum atomic E-state index is -0.156. The number of carbonyl (C=O) groups is 1. The number of hydrogen-bond donors (Lipinski definition) is 1. The van der Waals surface area contributed by atoms with E-state index in [4.69, 9.17) is 13.9 Å². The number of rotatable bonds is 6. The van der Waals surface area contributed by atoms with Crippen LogP contribution in [0.3, 0.4) is 0 Å². The van der Waals surface area contributed by atoms with Crippen molar-refractivity contribution < 1.29 is 18.7 Å². The molecule has 126 valence electrons. The molecular formula is C19H21NO4. The summed E-state index contributed by atoms with van der Waals surface area (Å²) in [6, 6.07) is 9.63.